The molecule has 0 spiro atoms. The van der Waals surface area contributed by atoms with Crippen LogP contribution < -0.4 is 14.7 Å². The van der Waals surface area contributed by atoms with Gasteiger partial charge in [-0.3, -0.25) is 29.1 Å². The Labute approximate surface area is 449 Å². The Bertz CT molecular complexity index is 2770. The molecule has 3 amide bonds. The predicted octanol–water partition coefficient (Wildman–Crippen LogP) is 18.1. The Morgan fingerprint density at radius 3 is 0.437 bits per heavy atom. The third-order valence-electron chi connectivity index (χ3n) is 11.0. The fourth-order valence-electron chi connectivity index (χ4n) is 7.14. The lowest BCUT2D eigenvalue weighted by Crippen LogP contribution is -2.67. The number of rotatable bonds is 9. The van der Waals surface area contributed by atoms with Crippen molar-refractivity contribution >= 4 is 34.8 Å². The van der Waals surface area contributed by atoms with Crippen LogP contribution in [0.25, 0.3) is 0 Å². The molecule has 0 heterocycles. The van der Waals surface area contributed by atoms with Gasteiger partial charge in [-0.15, -0.1) is 0 Å². The number of carbonyl (C=O) groups is 3. The summed E-state index contributed by atoms with van der Waals surface area (Å²) >= 11 is 0. The van der Waals surface area contributed by atoms with Gasteiger partial charge in [-0.25, -0.2) is 0 Å². The van der Waals surface area contributed by atoms with Gasteiger partial charge in [0, 0.05) is 33.8 Å². The highest BCUT2D eigenvalue weighted by Crippen LogP contribution is 2.56. The second-order valence-corrected chi connectivity index (χ2v) is 16.9. The van der Waals surface area contributed by atoms with E-state index in [9.17, 15) is 172 Å². The quantitative estimate of drug-likeness (QED) is 0.124. The van der Waals surface area contributed by atoms with E-state index in [1.54, 1.807) is 0 Å². The number of carbonyl (C=O) groups excluding carboxylic acids is 3. The number of halogens is 39. The summed E-state index contributed by atoms with van der Waals surface area (Å²) in [5, 5.41) is 0. The monoisotopic (exact) mass is 1350 g/mol. The molecule has 0 atom stereocenters. The van der Waals surface area contributed by atoms with Crippen LogP contribution in [0.3, 0.4) is 0 Å². The summed E-state index contributed by atoms with van der Waals surface area (Å²) in [6.07, 6.45) is -90.0. The van der Waals surface area contributed by atoms with Crippen LogP contribution in [0.1, 0.15) is 64.5 Å². The zero-order valence-electron chi connectivity index (χ0n) is 39.2. The maximum Gasteiger partial charge on any atom is 0.452 e. The molecule has 0 aliphatic heterocycles. The SMILES string of the molecule is O=C(c1cc(C(=O)N(c2cc(C(F)(F)F)cc(C(F)(F)F)c2)C(F)(C(F)(F)F)C(F)(F)F)cc(C(=O)N(c2cc(C(F)(F)F)cc(C(F)(F)F)c2)C(F)(C(F)(F)F)C(F)(F)F)c1)N(c1cc(C(F)(F)F)cc(C(F)(F)F)c1)C(F)(C(F)(F)F)C(F)(F)F. The van der Waals surface area contributed by atoms with Gasteiger partial charge in [0.2, 0.25) is 0 Å². The summed E-state index contributed by atoms with van der Waals surface area (Å²) in [7, 11) is 0. The summed E-state index contributed by atoms with van der Waals surface area (Å²) < 4.78 is 563. The van der Waals surface area contributed by atoms with E-state index in [-0.39, 0.29) is 0 Å². The Morgan fingerprint density at radius 1 is 0.207 bits per heavy atom. The zero-order chi connectivity index (χ0) is 68.4. The van der Waals surface area contributed by atoms with Gasteiger partial charge >= 0.3 is 91.5 Å². The smallest absolute Gasteiger partial charge is 0.269 e. The fourth-order valence-corrected chi connectivity index (χ4v) is 7.14. The van der Waals surface area contributed by atoms with E-state index < -0.39 is 264 Å². The first-order valence-corrected chi connectivity index (χ1v) is 20.7. The van der Waals surface area contributed by atoms with Crippen molar-refractivity contribution in [2.45, 2.75) is 91.5 Å². The molecule has 0 saturated heterocycles. The first-order valence-electron chi connectivity index (χ1n) is 20.7. The fraction of sp³-hybridized carbons (Fsp3) is 0.357. The molecule has 4 aromatic carbocycles. The lowest BCUT2D eigenvalue weighted by Gasteiger charge is -2.41. The van der Waals surface area contributed by atoms with Crippen LogP contribution >= 0.6 is 0 Å². The van der Waals surface area contributed by atoms with Crippen molar-refractivity contribution in [1.29, 1.82) is 0 Å². The highest BCUT2D eigenvalue weighted by molar-refractivity contribution is 6.15. The topological polar surface area (TPSA) is 60.9 Å². The van der Waals surface area contributed by atoms with Crippen molar-refractivity contribution in [2.75, 3.05) is 14.7 Å². The highest BCUT2D eigenvalue weighted by atomic mass is 19.5. The van der Waals surface area contributed by atoms with E-state index in [0.29, 0.717) is 0 Å². The van der Waals surface area contributed by atoms with Gasteiger partial charge in [0.15, 0.2) is 0 Å². The van der Waals surface area contributed by atoms with E-state index in [0.717, 1.165) is 0 Å². The third kappa shape index (κ3) is 13.5. The highest BCUT2D eigenvalue weighted by Gasteiger charge is 2.80. The number of amides is 3. The first kappa shape index (κ1) is 72.0. The number of nitrogens with zero attached hydrogens (tertiary/aromatic N) is 3. The minimum absolute atomic E-state index is 1.35. The largest absolute Gasteiger partial charge is 0.452 e. The lowest BCUT2D eigenvalue weighted by molar-refractivity contribution is -0.338. The second kappa shape index (κ2) is 21.4. The molecule has 87 heavy (non-hydrogen) atoms. The summed E-state index contributed by atoms with van der Waals surface area (Å²) in [6.45, 7) is 0. The molecule has 0 unspecified atom stereocenters. The van der Waals surface area contributed by atoms with E-state index in [1.165, 1.54) is 0 Å². The molecule has 6 nitrogen and oxygen atoms in total. The van der Waals surface area contributed by atoms with Crippen LogP contribution in [0.4, 0.5) is 188 Å². The molecule has 4 aromatic rings. The standard InChI is InChI=1S/C42H12F39N3O3/c43-28(44,45)16-4-17(29(46,47)48)8-22(7-16)82(34(61,37(64,65)66)38(67,68)69)25(85)13-1-14(26(86)83(35(62,39(70,71)72)40(73,74)75)23-9-18(30(49,50)51)5-19(10-23)31(52,53)54)3-15(2-13)27(87)84(36(63,41(76,77)78)42(79,80)81)24-11-20(32(55,56)57)6-21(12-24)33(58,59)60/h1-12H. The van der Waals surface area contributed by atoms with Gasteiger partial charge in [-0.05, 0) is 72.8 Å². The molecule has 0 radical (unpaired) electrons. The molecule has 486 valence electrons. The first-order chi connectivity index (χ1) is 38.1. The summed E-state index contributed by atoms with van der Waals surface area (Å²) in [5.41, 5.74) is -41.7. The van der Waals surface area contributed by atoms with E-state index in [2.05, 4.69) is 0 Å². The number of benzene rings is 4. The van der Waals surface area contributed by atoms with E-state index >= 15 is 13.2 Å². The van der Waals surface area contributed by atoms with Crippen LogP contribution in [0.15, 0.2) is 72.8 Å². The Kier molecular flexibility index (Phi) is 17.7. The third-order valence-corrected chi connectivity index (χ3v) is 11.0. The van der Waals surface area contributed by atoms with E-state index in [4.69, 9.17) is 0 Å². The van der Waals surface area contributed by atoms with Gasteiger partial charge in [0.1, 0.15) is 0 Å². The van der Waals surface area contributed by atoms with Gasteiger partial charge in [0.25, 0.3) is 17.7 Å². The van der Waals surface area contributed by atoms with Crippen LogP contribution in [0.5, 0.6) is 0 Å². The van der Waals surface area contributed by atoms with Crippen molar-refractivity contribution in [2.24, 2.45) is 0 Å². The summed E-state index contributed by atoms with van der Waals surface area (Å²) in [4.78, 5) is 32.9. The summed E-state index contributed by atoms with van der Waals surface area (Å²) in [5.74, 6) is -38.2. The van der Waals surface area contributed by atoms with Gasteiger partial charge in [-0.1, -0.05) is 0 Å². The average molecular weight is 1350 g/mol. The van der Waals surface area contributed by atoms with Crippen LogP contribution in [-0.4, -0.2) is 72.2 Å². The van der Waals surface area contributed by atoms with Crippen molar-refractivity contribution < 1.29 is 186 Å². The van der Waals surface area contributed by atoms with Crippen LogP contribution in [0, 0.1) is 0 Å². The van der Waals surface area contributed by atoms with Crippen molar-refractivity contribution in [1.82, 2.24) is 0 Å². The Balaban J connectivity index is 2.56. The number of alkyl halides is 39. The number of hydrogen-bond donors (Lipinski definition) is 0. The number of hydrogen-bond acceptors (Lipinski definition) is 3. The van der Waals surface area contributed by atoms with Crippen molar-refractivity contribution in [3.63, 3.8) is 0 Å². The van der Waals surface area contributed by atoms with Crippen LogP contribution in [-0.2, 0) is 37.1 Å². The molecule has 0 bridgehead atoms. The predicted molar refractivity (Wildman–Crippen MR) is 204 cm³/mol. The second-order valence-electron chi connectivity index (χ2n) is 16.9. The molecule has 0 saturated carbocycles. The minimum Gasteiger partial charge on any atom is -0.269 e. The van der Waals surface area contributed by atoms with Gasteiger partial charge in [-0.2, -0.15) is 171 Å². The van der Waals surface area contributed by atoms with Crippen molar-refractivity contribution in [3.8, 4) is 0 Å². The molecule has 0 fully saturated rings. The lowest BCUT2D eigenvalue weighted by atomic mass is 9.97. The number of anilines is 3. The zero-order valence-corrected chi connectivity index (χ0v) is 39.2. The van der Waals surface area contributed by atoms with Gasteiger partial charge < -0.3 is 0 Å². The molecule has 4 rings (SSSR count). The molecule has 0 aromatic heterocycles. The normalized spacial score (nSPS) is 14.5. The maximum atomic E-state index is 16.3. The average Bonchev–Trinajstić information content (AvgIpc) is 0.808. The Morgan fingerprint density at radius 2 is 0.333 bits per heavy atom. The molecule has 0 aliphatic carbocycles. The minimum atomic E-state index is -8.33. The maximum absolute atomic E-state index is 16.3. The van der Waals surface area contributed by atoms with Gasteiger partial charge in [0.05, 0.1) is 33.4 Å². The molecule has 0 N–H and O–H groups in total. The Hall–Kier alpha value is -7.44. The molecule has 0 aliphatic rings. The molecule has 45 heteroatoms. The summed E-state index contributed by atoms with van der Waals surface area (Å²) in [6, 6.07) is -18.9. The molecular formula is C42H12F39N3O3. The van der Waals surface area contributed by atoms with Crippen molar-refractivity contribution in [3.05, 3.63) is 123 Å². The molecular weight excluding hydrogens is 1340 g/mol. The van der Waals surface area contributed by atoms with Crippen LogP contribution in [0.2, 0.25) is 0 Å². The van der Waals surface area contributed by atoms with E-state index in [1.807, 2.05) is 0 Å².